The van der Waals surface area contributed by atoms with Crippen molar-refractivity contribution in [3.8, 4) is 0 Å². The van der Waals surface area contributed by atoms with Crippen LogP contribution in [0.4, 0.5) is 5.69 Å². The first-order valence-corrected chi connectivity index (χ1v) is 14.4. The van der Waals surface area contributed by atoms with Gasteiger partial charge in [0.1, 0.15) is 12.6 Å². The van der Waals surface area contributed by atoms with Crippen molar-refractivity contribution in [2.24, 2.45) is 0 Å². The van der Waals surface area contributed by atoms with E-state index in [0.717, 1.165) is 4.31 Å². The molecule has 3 aromatic carbocycles. The number of likely N-dealkylation sites (N-methyl/N-ethyl adjacent to an activating group) is 1. The molecule has 37 heavy (non-hydrogen) atoms. The predicted molar refractivity (Wildman–Crippen MR) is 150 cm³/mol. The lowest BCUT2D eigenvalue weighted by atomic mass is 10.1. The highest BCUT2D eigenvalue weighted by Crippen LogP contribution is 2.29. The van der Waals surface area contributed by atoms with Crippen molar-refractivity contribution >= 4 is 66.7 Å². The summed E-state index contributed by atoms with van der Waals surface area (Å²) in [5.41, 5.74) is 0.747. The first-order chi connectivity index (χ1) is 17.6. The quantitative estimate of drug-likeness (QED) is 0.322. The summed E-state index contributed by atoms with van der Waals surface area (Å²) in [5, 5.41) is 3.24. The standard InChI is InChI=1S/C26H26BrCl2N3O4S/c1-3-24(26(34)30-2)31(16-21-22(28)13-8-14-23(21)29)25(33)17-32(19-10-7-9-18(27)15-19)37(35,36)20-11-5-4-6-12-20/h4-15,24H,3,16-17H2,1-2H3,(H,30,34)/t24-/m0/s1. The minimum absolute atomic E-state index is 0.0295. The molecule has 2 amide bonds. The van der Waals surface area contributed by atoms with Crippen LogP contribution in [0.2, 0.25) is 10.0 Å². The van der Waals surface area contributed by atoms with Gasteiger partial charge in [0, 0.05) is 33.7 Å². The molecule has 7 nitrogen and oxygen atoms in total. The summed E-state index contributed by atoms with van der Waals surface area (Å²) in [6.07, 6.45) is 0.288. The van der Waals surface area contributed by atoms with E-state index in [1.54, 1.807) is 67.6 Å². The summed E-state index contributed by atoms with van der Waals surface area (Å²) >= 11 is 16.1. The molecule has 0 bridgehead atoms. The molecule has 0 unspecified atom stereocenters. The van der Waals surface area contributed by atoms with E-state index in [1.807, 2.05) is 0 Å². The van der Waals surface area contributed by atoms with Crippen LogP contribution in [0.5, 0.6) is 0 Å². The Kier molecular flexibility index (Phi) is 10.0. The Morgan fingerprint density at radius 1 is 0.973 bits per heavy atom. The smallest absolute Gasteiger partial charge is 0.264 e. The zero-order valence-corrected chi connectivity index (χ0v) is 24.1. The normalized spacial score (nSPS) is 12.0. The van der Waals surface area contributed by atoms with Gasteiger partial charge in [-0.1, -0.05) is 76.4 Å². The van der Waals surface area contributed by atoms with Crippen LogP contribution in [0.1, 0.15) is 18.9 Å². The monoisotopic (exact) mass is 625 g/mol. The Balaban J connectivity index is 2.09. The lowest BCUT2D eigenvalue weighted by molar-refractivity contribution is -0.140. The van der Waals surface area contributed by atoms with Crippen molar-refractivity contribution in [2.45, 2.75) is 30.8 Å². The second-order valence-electron chi connectivity index (χ2n) is 8.06. The highest BCUT2D eigenvalue weighted by Gasteiger charge is 2.34. The first-order valence-electron chi connectivity index (χ1n) is 11.4. The molecule has 0 aliphatic heterocycles. The van der Waals surface area contributed by atoms with E-state index < -0.39 is 28.5 Å². The number of hydrogen-bond donors (Lipinski definition) is 1. The van der Waals surface area contributed by atoms with Gasteiger partial charge in [-0.15, -0.1) is 0 Å². The highest BCUT2D eigenvalue weighted by molar-refractivity contribution is 9.10. The van der Waals surface area contributed by atoms with Crippen LogP contribution in [0.25, 0.3) is 0 Å². The summed E-state index contributed by atoms with van der Waals surface area (Å²) in [6, 6.07) is 18.6. The van der Waals surface area contributed by atoms with Crippen molar-refractivity contribution in [3.05, 3.63) is 92.9 Å². The van der Waals surface area contributed by atoms with Crippen molar-refractivity contribution in [2.75, 3.05) is 17.9 Å². The van der Waals surface area contributed by atoms with Gasteiger partial charge >= 0.3 is 0 Å². The van der Waals surface area contributed by atoms with Gasteiger partial charge in [0.2, 0.25) is 11.8 Å². The number of nitrogens with zero attached hydrogens (tertiary/aromatic N) is 2. The molecule has 3 aromatic rings. The van der Waals surface area contributed by atoms with Gasteiger partial charge in [-0.3, -0.25) is 13.9 Å². The van der Waals surface area contributed by atoms with Crippen molar-refractivity contribution in [3.63, 3.8) is 0 Å². The van der Waals surface area contributed by atoms with E-state index in [1.165, 1.54) is 24.1 Å². The third-order valence-corrected chi connectivity index (χ3v) is 8.72. The Bertz CT molecular complexity index is 1350. The number of anilines is 1. The third kappa shape index (κ3) is 6.84. The van der Waals surface area contributed by atoms with E-state index in [2.05, 4.69) is 21.2 Å². The molecule has 1 atom stereocenters. The fourth-order valence-electron chi connectivity index (χ4n) is 3.82. The molecule has 0 saturated heterocycles. The van der Waals surface area contributed by atoms with Crippen LogP contribution in [0, 0.1) is 0 Å². The summed E-state index contributed by atoms with van der Waals surface area (Å²) in [5.74, 6) is -0.982. The second kappa shape index (κ2) is 12.8. The molecule has 3 rings (SSSR count). The van der Waals surface area contributed by atoms with Gasteiger partial charge in [0.15, 0.2) is 0 Å². The van der Waals surface area contributed by atoms with E-state index >= 15 is 0 Å². The Hall–Kier alpha value is -2.59. The van der Waals surface area contributed by atoms with Gasteiger partial charge in [0.05, 0.1) is 10.6 Å². The van der Waals surface area contributed by atoms with Gasteiger partial charge in [-0.2, -0.15) is 0 Å². The van der Waals surface area contributed by atoms with Gasteiger partial charge in [0.25, 0.3) is 10.0 Å². The maximum atomic E-state index is 13.9. The zero-order chi connectivity index (χ0) is 27.2. The molecule has 0 aliphatic rings. The number of rotatable bonds is 10. The van der Waals surface area contributed by atoms with E-state index in [0.29, 0.717) is 20.1 Å². The van der Waals surface area contributed by atoms with Gasteiger partial charge in [-0.25, -0.2) is 8.42 Å². The Morgan fingerprint density at radius 2 is 1.59 bits per heavy atom. The molecule has 0 heterocycles. The fourth-order valence-corrected chi connectivity index (χ4v) is 6.15. The average molecular weight is 627 g/mol. The largest absolute Gasteiger partial charge is 0.357 e. The number of halogens is 3. The molecule has 11 heteroatoms. The molecule has 0 aromatic heterocycles. The number of benzene rings is 3. The molecule has 0 spiro atoms. The minimum Gasteiger partial charge on any atom is -0.357 e. The molecular formula is C26H26BrCl2N3O4S. The molecule has 1 N–H and O–H groups in total. The Morgan fingerprint density at radius 3 is 2.16 bits per heavy atom. The number of nitrogens with one attached hydrogen (secondary N) is 1. The summed E-state index contributed by atoms with van der Waals surface area (Å²) in [4.78, 5) is 28.0. The number of amides is 2. The predicted octanol–water partition coefficient (Wildman–Crippen LogP) is 5.50. The molecule has 196 valence electrons. The van der Waals surface area contributed by atoms with Crippen LogP contribution in [0.15, 0.2) is 82.2 Å². The van der Waals surface area contributed by atoms with Gasteiger partial charge in [-0.05, 0) is 48.9 Å². The highest BCUT2D eigenvalue weighted by atomic mass is 79.9. The van der Waals surface area contributed by atoms with Crippen LogP contribution in [-0.2, 0) is 26.2 Å². The zero-order valence-electron chi connectivity index (χ0n) is 20.2. The van der Waals surface area contributed by atoms with E-state index in [4.69, 9.17) is 23.2 Å². The van der Waals surface area contributed by atoms with Crippen LogP contribution >= 0.6 is 39.1 Å². The second-order valence-corrected chi connectivity index (χ2v) is 11.7. The van der Waals surface area contributed by atoms with E-state index in [9.17, 15) is 18.0 Å². The molecule has 0 fully saturated rings. The Labute approximate surface area is 235 Å². The van der Waals surface area contributed by atoms with E-state index in [-0.39, 0.29) is 29.5 Å². The molecular weight excluding hydrogens is 601 g/mol. The first kappa shape index (κ1) is 29.0. The summed E-state index contributed by atoms with van der Waals surface area (Å²) in [7, 11) is -2.66. The number of sulfonamides is 1. The average Bonchev–Trinajstić information content (AvgIpc) is 2.88. The maximum absolute atomic E-state index is 13.9. The molecule has 0 radical (unpaired) electrons. The minimum atomic E-state index is -4.13. The van der Waals surface area contributed by atoms with Gasteiger partial charge < -0.3 is 10.2 Å². The van der Waals surface area contributed by atoms with Crippen LogP contribution in [0.3, 0.4) is 0 Å². The van der Waals surface area contributed by atoms with Crippen molar-refractivity contribution in [1.82, 2.24) is 10.2 Å². The number of carbonyl (C=O) groups is 2. The lowest BCUT2D eigenvalue weighted by Crippen LogP contribution is -2.51. The number of carbonyl (C=O) groups excluding carboxylic acids is 2. The number of hydrogen-bond acceptors (Lipinski definition) is 4. The topological polar surface area (TPSA) is 86.8 Å². The molecule has 0 saturated carbocycles. The third-order valence-electron chi connectivity index (χ3n) is 5.73. The van der Waals surface area contributed by atoms with Crippen molar-refractivity contribution in [1.29, 1.82) is 0 Å². The van der Waals surface area contributed by atoms with Crippen LogP contribution in [-0.4, -0.2) is 44.8 Å². The molecule has 0 aliphatic carbocycles. The summed E-state index contributed by atoms with van der Waals surface area (Å²) in [6.45, 7) is 1.13. The summed E-state index contributed by atoms with van der Waals surface area (Å²) < 4.78 is 29.1. The fraction of sp³-hybridized carbons (Fsp3) is 0.231. The SMILES string of the molecule is CC[C@@H](C(=O)NC)N(Cc1c(Cl)cccc1Cl)C(=O)CN(c1cccc(Br)c1)S(=O)(=O)c1ccccc1. The maximum Gasteiger partial charge on any atom is 0.264 e. The van der Waals surface area contributed by atoms with Crippen LogP contribution < -0.4 is 9.62 Å². The van der Waals surface area contributed by atoms with Crippen molar-refractivity contribution < 1.29 is 18.0 Å². The lowest BCUT2D eigenvalue weighted by Gasteiger charge is -2.33.